The Morgan fingerprint density at radius 1 is 0.909 bits per heavy atom. The minimum Gasteiger partial charge on any atom is -0.394 e. The van der Waals surface area contributed by atoms with Gasteiger partial charge in [0.2, 0.25) is 0 Å². The van der Waals surface area contributed by atoms with Crippen molar-refractivity contribution in [1.82, 2.24) is 5.32 Å². The molecule has 2 atom stereocenters. The van der Waals surface area contributed by atoms with Crippen LogP contribution in [0.25, 0.3) is 0 Å². The van der Waals surface area contributed by atoms with Crippen LogP contribution in [0.2, 0.25) is 0 Å². The Kier molecular flexibility index (Phi) is 6.39. The number of rotatable bonds is 6. The Balaban J connectivity index is 3.13. The first-order valence-electron chi connectivity index (χ1n) is 3.49. The highest BCUT2D eigenvalue weighted by molar-refractivity contribution is 4.61. The molecule has 0 saturated heterocycles. The maximum Gasteiger partial charge on any atom is 0.0894 e. The Bertz CT molecular complexity index is 80.7. The van der Waals surface area contributed by atoms with Gasteiger partial charge in [-0.15, -0.1) is 0 Å². The fourth-order valence-corrected chi connectivity index (χ4v) is 0.546. The highest BCUT2D eigenvalue weighted by Gasteiger charge is 2.03. The van der Waals surface area contributed by atoms with E-state index >= 15 is 0 Å². The summed E-state index contributed by atoms with van der Waals surface area (Å²) in [5.41, 5.74) is 0. The van der Waals surface area contributed by atoms with Gasteiger partial charge in [0.25, 0.3) is 0 Å². The molecule has 68 valence electrons. The van der Waals surface area contributed by atoms with Gasteiger partial charge in [-0.1, -0.05) is 0 Å². The number of aliphatic hydroxyl groups is 4. The van der Waals surface area contributed by atoms with Crippen LogP contribution >= 0.6 is 0 Å². The maximum absolute atomic E-state index is 8.79. The highest BCUT2D eigenvalue weighted by atomic mass is 16.3. The van der Waals surface area contributed by atoms with E-state index < -0.39 is 12.2 Å². The largest absolute Gasteiger partial charge is 0.394 e. The number of nitrogens with one attached hydrogen (secondary N) is 1. The first-order valence-corrected chi connectivity index (χ1v) is 3.49. The number of hydrogen-bond donors (Lipinski definition) is 5. The van der Waals surface area contributed by atoms with Crippen LogP contribution in [-0.2, 0) is 0 Å². The van der Waals surface area contributed by atoms with E-state index in [4.69, 9.17) is 20.4 Å². The van der Waals surface area contributed by atoms with E-state index in [0.29, 0.717) is 0 Å². The minimum atomic E-state index is -0.805. The van der Waals surface area contributed by atoms with Crippen molar-refractivity contribution in [2.45, 2.75) is 12.2 Å². The van der Waals surface area contributed by atoms with Crippen LogP contribution in [0.4, 0.5) is 0 Å². The molecule has 0 aromatic heterocycles. The normalized spacial score (nSPS) is 16.4. The van der Waals surface area contributed by atoms with Gasteiger partial charge >= 0.3 is 0 Å². The van der Waals surface area contributed by atoms with Gasteiger partial charge in [-0.2, -0.15) is 0 Å². The van der Waals surface area contributed by atoms with Gasteiger partial charge < -0.3 is 25.7 Å². The molecule has 0 saturated carbocycles. The quantitative estimate of drug-likeness (QED) is 0.295. The molecule has 5 nitrogen and oxygen atoms in total. The lowest BCUT2D eigenvalue weighted by Crippen LogP contribution is -2.35. The second-order valence-corrected chi connectivity index (χ2v) is 2.33. The summed E-state index contributed by atoms with van der Waals surface area (Å²) < 4.78 is 0. The summed E-state index contributed by atoms with van der Waals surface area (Å²) in [6, 6.07) is 0. The van der Waals surface area contributed by atoms with E-state index in [-0.39, 0.29) is 26.3 Å². The second-order valence-electron chi connectivity index (χ2n) is 2.33. The Hall–Kier alpha value is -0.200. The van der Waals surface area contributed by atoms with Crippen LogP contribution in [-0.4, -0.2) is 58.9 Å². The molecule has 0 amide bonds. The molecule has 5 heteroatoms. The van der Waals surface area contributed by atoms with Crippen molar-refractivity contribution in [2.75, 3.05) is 26.3 Å². The molecular weight excluding hydrogens is 150 g/mol. The fraction of sp³-hybridized carbons (Fsp3) is 1.00. The molecule has 0 radical (unpaired) electrons. The van der Waals surface area contributed by atoms with Crippen molar-refractivity contribution >= 4 is 0 Å². The van der Waals surface area contributed by atoms with Gasteiger partial charge in [-0.05, 0) is 0 Å². The van der Waals surface area contributed by atoms with Gasteiger partial charge in [0.05, 0.1) is 25.4 Å². The third-order valence-electron chi connectivity index (χ3n) is 1.18. The second kappa shape index (κ2) is 6.51. The monoisotopic (exact) mass is 165 g/mol. The van der Waals surface area contributed by atoms with E-state index in [1.54, 1.807) is 0 Å². The molecule has 0 aliphatic carbocycles. The van der Waals surface area contributed by atoms with Crippen molar-refractivity contribution in [3.8, 4) is 0 Å². The minimum absolute atomic E-state index is 0.216. The number of hydrogen-bond acceptors (Lipinski definition) is 5. The average molecular weight is 165 g/mol. The summed E-state index contributed by atoms with van der Waals surface area (Å²) in [6.45, 7) is -0.175. The molecule has 0 heterocycles. The summed E-state index contributed by atoms with van der Waals surface area (Å²) in [4.78, 5) is 0. The third-order valence-corrected chi connectivity index (χ3v) is 1.18. The predicted molar refractivity (Wildman–Crippen MR) is 39.1 cm³/mol. The molecular formula is C6H15NO4. The molecule has 0 rings (SSSR count). The van der Waals surface area contributed by atoms with E-state index in [2.05, 4.69) is 5.32 Å². The summed E-state index contributed by atoms with van der Waals surface area (Å²) in [6.07, 6.45) is -1.61. The van der Waals surface area contributed by atoms with Gasteiger partial charge in [0.15, 0.2) is 0 Å². The van der Waals surface area contributed by atoms with Crippen molar-refractivity contribution in [3.63, 3.8) is 0 Å². The maximum atomic E-state index is 8.79. The van der Waals surface area contributed by atoms with Crippen LogP contribution in [0, 0.1) is 0 Å². The van der Waals surface area contributed by atoms with Crippen LogP contribution in [0.3, 0.4) is 0 Å². The van der Waals surface area contributed by atoms with Gasteiger partial charge in [0, 0.05) is 13.1 Å². The molecule has 0 aliphatic heterocycles. The van der Waals surface area contributed by atoms with E-state index in [0.717, 1.165) is 0 Å². The lowest BCUT2D eigenvalue weighted by Gasteiger charge is -2.10. The Labute approximate surface area is 65.3 Å². The summed E-state index contributed by atoms with van der Waals surface area (Å²) in [7, 11) is 0. The Morgan fingerprint density at radius 2 is 1.27 bits per heavy atom. The molecule has 0 fully saturated rings. The standard InChI is InChI=1S/C6H15NO4/c8-3-5(10)1-7-2-6(11)4-9/h5-11H,1-4H2/t5-,6?/m0/s1. The third kappa shape index (κ3) is 6.21. The first-order chi connectivity index (χ1) is 5.20. The molecule has 0 aliphatic rings. The lowest BCUT2D eigenvalue weighted by molar-refractivity contribution is 0.0747. The van der Waals surface area contributed by atoms with E-state index in [9.17, 15) is 0 Å². The lowest BCUT2D eigenvalue weighted by atomic mass is 10.3. The van der Waals surface area contributed by atoms with Crippen LogP contribution in [0.1, 0.15) is 0 Å². The molecule has 11 heavy (non-hydrogen) atoms. The fourth-order valence-electron chi connectivity index (χ4n) is 0.546. The SMILES string of the molecule is OCC(O)CNC[C@H](O)CO. The van der Waals surface area contributed by atoms with Crippen molar-refractivity contribution in [3.05, 3.63) is 0 Å². The molecule has 0 bridgehead atoms. The van der Waals surface area contributed by atoms with E-state index in [1.165, 1.54) is 0 Å². The summed E-state index contributed by atoms with van der Waals surface area (Å²) in [5, 5.41) is 37.0. The van der Waals surface area contributed by atoms with Crippen molar-refractivity contribution in [2.24, 2.45) is 0 Å². The number of aliphatic hydroxyl groups excluding tert-OH is 4. The van der Waals surface area contributed by atoms with Crippen LogP contribution in [0.15, 0.2) is 0 Å². The topological polar surface area (TPSA) is 93.0 Å². The van der Waals surface area contributed by atoms with Gasteiger partial charge in [-0.25, -0.2) is 0 Å². The van der Waals surface area contributed by atoms with Gasteiger partial charge in [0.1, 0.15) is 0 Å². The highest BCUT2D eigenvalue weighted by Crippen LogP contribution is 1.79. The van der Waals surface area contributed by atoms with Crippen LogP contribution in [0.5, 0.6) is 0 Å². The molecule has 0 aromatic carbocycles. The zero-order chi connectivity index (χ0) is 8.69. The molecule has 1 unspecified atom stereocenters. The summed E-state index contributed by atoms with van der Waals surface area (Å²) in [5.74, 6) is 0. The smallest absolute Gasteiger partial charge is 0.0894 e. The molecule has 0 aromatic rings. The first kappa shape index (κ1) is 10.8. The molecule has 0 spiro atoms. The van der Waals surface area contributed by atoms with Crippen molar-refractivity contribution < 1.29 is 20.4 Å². The van der Waals surface area contributed by atoms with Crippen molar-refractivity contribution in [1.29, 1.82) is 0 Å². The zero-order valence-electron chi connectivity index (χ0n) is 6.27. The average Bonchev–Trinajstić information content (AvgIpc) is 2.04. The van der Waals surface area contributed by atoms with Gasteiger partial charge in [-0.3, -0.25) is 0 Å². The Morgan fingerprint density at radius 3 is 1.55 bits per heavy atom. The summed E-state index contributed by atoms with van der Waals surface area (Å²) >= 11 is 0. The van der Waals surface area contributed by atoms with E-state index in [1.807, 2.05) is 0 Å². The zero-order valence-corrected chi connectivity index (χ0v) is 6.27. The van der Waals surface area contributed by atoms with Crippen LogP contribution < -0.4 is 5.32 Å². The predicted octanol–water partition coefficient (Wildman–Crippen LogP) is -2.72. The molecule has 5 N–H and O–H groups in total.